The minimum atomic E-state index is 0.807. The topological polar surface area (TPSA) is 24.1 Å². The lowest BCUT2D eigenvalue weighted by Crippen LogP contribution is -2.40. The lowest BCUT2D eigenvalue weighted by atomic mass is 9.83. The second-order valence-electron chi connectivity index (χ2n) is 4.56. The highest BCUT2D eigenvalue weighted by Gasteiger charge is 2.17. The quantitative estimate of drug-likeness (QED) is 0.689. The molecule has 0 bridgehead atoms. The molecule has 2 aliphatic rings. The van der Waals surface area contributed by atoms with E-state index in [4.69, 9.17) is 0 Å². The van der Waals surface area contributed by atoms with E-state index in [0.717, 1.165) is 12.0 Å². The molecule has 0 aromatic rings. The zero-order valence-electron chi connectivity index (χ0n) is 8.52. The Bertz CT molecular complexity index is 137. The number of rotatable bonds is 4. The Hall–Kier alpha value is -0.0800. The van der Waals surface area contributed by atoms with Crippen molar-refractivity contribution in [2.24, 2.45) is 5.92 Å². The maximum absolute atomic E-state index is 3.68. The van der Waals surface area contributed by atoms with Gasteiger partial charge in [0, 0.05) is 6.04 Å². The first kappa shape index (κ1) is 9.47. The van der Waals surface area contributed by atoms with E-state index in [-0.39, 0.29) is 0 Å². The van der Waals surface area contributed by atoms with Crippen LogP contribution in [0.2, 0.25) is 0 Å². The maximum Gasteiger partial charge on any atom is 0.00912 e. The average molecular weight is 182 g/mol. The molecule has 2 heteroatoms. The molecule has 0 amide bonds. The van der Waals surface area contributed by atoms with E-state index >= 15 is 0 Å². The molecule has 1 aliphatic heterocycles. The third-order valence-electron chi connectivity index (χ3n) is 3.55. The van der Waals surface area contributed by atoms with Crippen LogP contribution in [0, 0.1) is 5.92 Å². The summed E-state index contributed by atoms with van der Waals surface area (Å²) in [5, 5.41) is 7.08. The van der Waals surface area contributed by atoms with E-state index in [1.165, 1.54) is 58.2 Å². The van der Waals surface area contributed by atoms with Crippen LogP contribution >= 0.6 is 0 Å². The van der Waals surface area contributed by atoms with E-state index in [2.05, 4.69) is 10.6 Å². The molecule has 0 atom stereocenters. The summed E-state index contributed by atoms with van der Waals surface area (Å²) in [4.78, 5) is 0. The van der Waals surface area contributed by atoms with Crippen molar-refractivity contribution in [2.75, 3.05) is 19.6 Å². The van der Waals surface area contributed by atoms with Crippen LogP contribution in [-0.2, 0) is 0 Å². The highest BCUT2D eigenvalue weighted by atomic mass is 15.0. The van der Waals surface area contributed by atoms with Gasteiger partial charge < -0.3 is 10.6 Å². The van der Waals surface area contributed by atoms with Gasteiger partial charge in [-0.3, -0.25) is 0 Å². The summed E-state index contributed by atoms with van der Waals surface area (Å²) in [6, 6.07) is 0.807. The molecule has 2 rings (SSSR count). The molecule has 76 valence electrons. The number of hydrogen-bond acceptors (Lipinski definition) is 2. The summed E-state index contributed by atoms with van der Waals surface area (Å²) in [6.07, 6.45) is 8.54. The van der Waals surface area contributed by atoms with Gasteiger partial charge in [-0.1, -0.05) is 19.3 Å². The first-order valence-electron chi connectivity index (χ1n) is 5.89. The highest BCUT2D eigenvalue weighted by molar-refractivity contribution is 4.76. The van der Waals surface area contributed by atoms with Gasteiger partial charge in [0.25, 0.3) is 0 Å². The highest BCUT2D eigenvalue weighted by Crippen LogP contribution is 2.28. The summed E-state index contributed by atoms with van der Waals surface area (Å²) >= 11 is 0. The first-order valence-corrected chi connectivity index (χ1v) is 5.89. The second-order valence-corrected chi connectivity index (χ2v) is 4.56. The lowest BCUT2D eigenvalue weighted by molar-refractivity contribution is 0.280. The summed E-state index contributed by atoms with van der Waals surface area (Å²) in [5.74, 6) is 1.06. The van der Waals surface area contributed by atoms with Crippen molar-refractivity contribution in [2.45, 2.75) is 44.6 Å². The smallest absolute Gasteiger partial charge is 0.00912 e. The molecular formula is C11H22N2. The fourth-order valence-electron chi connectivity index (χ4n) is 2.30. The van der Waals surface area contributed by atoms with Gasteiger partial charge in [0.2, 0.25) is 0 Å². The summed E-state index contributed by atoms with van der Waals surface area (Å²) in [6.45, 7) is 3.68. The zero-order chi connectivity index (χ0) is 8.93. The molecule has 2 N–H and O–H groups in total. The van der Waals surface area contributed by atoms with Crippen LogP contribution in [0.25, 0.3) is 0 Å². The van der Waals surface area contributed by atoms with Crippen molar-refractivity contribution in [3.63, 3.8) is 0 Å². The van der Waals surface area contributed by atoms with Crippen LogP contribution in [0.1, 0.15) is 38.5 Å². The van der Waals surface area contributed by atoms with E-state index in [1.54, 1.807) is 0 Å². The molecule has 1 heterocycles. The average Bonchev–Trinajstić information content (AvgIpc) is 2.11. The lowest BCUT2D eigenvalue weighted by Gasteiger charge is -2.28. The Morgan fingerprint density at radius 2 is 1.85 bits per heavy atom. The summed E-state index contributed by atoms with van der Waals surface area (Å²) in [7, 11) is 0. The Morgan fingerprint density at radius 1 is 1.08 bits per heavy atom. The van der Waals surface area contributed by atoms with Crippen LogP contribution in [-0.4, -0.2) is 25.7 Å². The van der Waals surface area contributed by atoms with Crippen molar-refractivity contribution in [1.82, 2.24) is 10.6 Å². The Kier molecular flexibility index (Phi) is 3.62. The molecule has 1 saturated carbocycles. The van der Waals surface area contributed by atoms with Crippen molar-refractivity contribution in [3.05, 3.63) is 0 Å². The van der Waals surface area contributed by atoms with Crippen molar-refractivity contribution < 1.29 is 0 Å². The Balaban J connectivity index is 1.50. The van der Waals surface area contributed by atoms with Gasteiger partial charge in [-0.2, -0.15) is 0 Å². The summed E-state index contributed by atoms with van der Waals surface area (Å²) < 4.78 is 0. The monoisotopic (exact) mass is 182 g/mol. The van der Waals surface area contributed by atoms with Gasteiger partial charge in [0.05, 0.1) is 0 Å². The van der Waals surface area contributed by atoms with E-state index in [1.807, 2.05) is 0 Å². The van der Waals surface area contributed by atoms with Gasteiger partial charge in [0.1, 0.15) is 0 Å². The number of hydrogen-bond donors (Lipinski definition) is 2. The van der Waals surface area contributed by atoms with E-state index in [0.29, 0.717) is 0 Å². The predicted octanol–water partition coefficient (Wildman–Crippen LogP) is 1.52. The van der Waals surface area contributed by atoms with Gasteiger partial charge in [0.15, 0.2) is 0 Å². The van der Waals surface area contributed by atoms with Crippen LogP contribution in [0.15, 0.2) is 0 Å². The minimum absolute atomic E-state index is 0.807. The van der Waals surface area contributed by atoms with E-state index in [9.17, 15) is 0 Å². The Labute approximate surface area is 81.5 Å². The predicted molar refractivity (Wildman–Crippen MR) is 55.9 cm³/mol. The molecule has 13 heavy (non-hydrogen) atoms. The fraction of sp³-hybridized carbons (Fsp3) is 1.00. The molecule has 1 saturated heterocycles. The molecule has 0 aromatic carbocycles. The van der Waals surface area contributed by atoms with Crippen LogP contribution < -0.4 is 10.6 Å². The van der Waals surface area contributed by atoms with Gasteiger partial charge in [-0.25, -0.2) is 0 Å². The third-order valence-corrected chi connectivity index (χ3v) is 3.55. The SMILES string of the molecule is C1CC(CCNC2CCNCC2)C1. The second kappa shape index (κ2) is 4.97. The molecule has 0 radical (unpaired) electrons. The minimum Gasteiger partial charge on any atom is -0.317 e. The number of nitrogens with one attached hydrogen (secondary N) is 2. The fourth-order valence-corrected chi connectivity index (χ4v) is 2.30. The van der Waals surface area contributed by atoms with Gasteiger partial charge >= 0.3 is 0 Å². The van der Waals surface area contributed by atoms with Gasteiger partial charge in [-0.05, 0) is 44.8 Å². The van der Waals surface area contributed by atoms with Gasteiger partial charge in [-0.15, -0.1) is 0 Å². The maximum atomic E-state index is 3.68. The van der Waals surface area contributed by atoms with Crippen molar-refractivity contribution in [1.29, 1.82) is 0 Å². The van der Waals surface area contributed by atoms with E-state index < -0.39 is 0 Å². The largest absolute Gasteiger partial charge is 0.317 e. The van der Waals surface area contributed by atoms with Crippen LogP contribution in [0.4, 0.5) is 0 Å². The normalized spacial score (nSPS) is 25.8. The Morgan fingerprint density at radius 3 is 2.46 bits per heavy atom. The molecule has 1 aliphatic carbocycles. The molecule has 0 aromatic heterocycles. The van der Waals surface area contributed by atoms with Crippen LogP contribution in [0.3, 0.4) is 0 Å². The summed E-state index contributed by atoms with van der Waals surface area (Å²) in [5.41, 5.74) is 0. The third kappa shape index (κ3) is 2.96. The van der Waals surface area contributed by atoms with Crippen molar-refractivity contribution in [3.8, 4) is 0 Å². The molecule has 0 unspecified atom stereocenters. The molecule has 2 nitrogen and oxygen atoms in total. The molecule has 0 spiro atoms. The van der Waals surface area contributed by atoms with Crippen molar-refractivity contribution >= 4 is 0 Å². The molecular weight excluding hydrogens is 160 g/mol. The number of piperidine rings is 1. The molecule has 2 fully saturated rings. The zero-order valence-corrected chi connectivity index (χ0v) is 8.52. The standard InChI is InChI=1S/C11H22N2/c1-2-10(3-1)4-9-13-11-5-7-12-8-6-11/h10-13H,1-9H2. The van der Waals surface area contributed by atoms with Crippen LogP contribution in [0.5, 0.6) is 0 Å². The first-order chi connectivity index (χ1) is 6.45.